The Morgan fingerprint density at radius 1 is 1.47 bits per heavy atom. The van der Waals surface area contributed by atoms with Crippen LogP contribution in [0.3, 0.4) is 0 Å². The highest BCUT2D eigenvalue weighted by molar-refractivity contribution is 5.99. The lowest BCUT2D eigenvalue weighted by molar-refractivity contribution is 0.0532. The van der Waals surface area contributed by atoms with E-state index >= 15 is 0 Å². The van der Waals surface area contributed by atoms with Crippen LogP contribution in [-0.2, 0) is 4.74 Å². The van der Waals surface area contributed by atoms with Gasteiger partial charge in [-0.3, -0.25) is 10.6 Å². The number of hydrogen-bond donors (Lipinski definition) is 2. The lowest BCUT2D eigenvalue weighted by Gasteiger charge is -2.19. The first kappa shape index (κ1) is 15.5. The van der Waals surface area contributed by atoms with Crippen molar-refractivity contribution in [2.24, 2.45) is 5.84 Å². The molecule has 1 amide bonds. The Morgan fingerprint density at radius 3 is 2.74 bits per heavy atom. The number of nitrogen functional groups attached to an aromatic ring is 1. The van der Waals surface area contributed by atoms with Crippen molar-refractivity contribution >= 4 is 11.6 Å². The number of carbonyl (C=O) groups excluding carboxylic acids is 1. The van der Waals surface area contributed by atoms with Crippen molar-refractivity contribution in [3.8, 4) is 0 Å². The summed E-state index contributed by atoms with van der Waals surface area (Å²) in [6, 6.07) is 5.53. The van der Waals surface area contributed by atoms with Crippen molar-refractivity contribution in [2.45, 2.75) is 26.9 Å². The molecule has 0 aliphatic heterocycles. The maximum Gasteiger partial charge on any atom is 0.255 e. The van der Waals surface area contributed by atoms with Gasteiger partial charge in [0.2, 0.25) is 0 Å². The summed E-state index contributed by atoms with van der Waals surface area (Å²) in [7, 11) is 1.76. The molecule has 0 spiro atoms. The predicted molar refractivity (Wildman–Crippen MR) is 77.0 cm³/mol. The molecule has 3 N–H and O–H groups in total. The number of amides is 1. The number of nitrogens with two attached hydrogens (primary N) is 1. The minimum atomic E-state index is -0.0692. The number of benzene rings is 1. The fraction of sp³-hybridized carbons (Fsp3) is 0.500. The fourth-order valence-electron chi connectivity index (χ4n) is 1.70. The van der Waals surface area contributed by atoms with Gasteiger partial charge in [-0.05, 0) is 38.5 Å². The van der Waals surface area contributed by atoms with Crippen LogP contribution in [-0.4, -0.2) is 37.1 Å². The Bertz CT molecular complexity index is 433. The van der Waals surface area contributed by atoms with Gasteiger partial charge in [0.1, 0.15) is 0 Å². The molecule has 106 valence electrons. The Kier molecular flexibility index (Phi) is 5.79. The highest BCUT2D eigenvalue weighted by atomic mass is 16.5. The molecule has 0 aliphatic carbocycles. The molecule has 1 aromatic carbocycles. The molecule has 0 fully saturated rings. The van der Waals surface area contributed by atoms with Crippen LogP contribution in [0.4, 0.5) is 5.69 Å². The third-order valence-electron chi connectivity index (χ3n) is 2.79. The molecule has 0 heterocycles. The quantitative estimate of drug-likeness (QED) is 0.607. The van der Waals surface area contributed by atoms with E-state index in [-0.39, 0.29) is 12.0 Å². The molecular formula is C14H23N3O2. The average Bonchev–Trinajstić information content (AvgIpc) is 2.37. The van der Waals surface area contributed by atoms with Gasteiger partial charge in [-0.15, -0.1) is 0 Å². The molecule has 5 heteroatoms. The minimum Gasteiger partial charge on any atom is -0.377 e. The zero-order valence-electron chi connectivity index (χ0n) is 12.1. The van der Waals surface area contributed by atoms with Crippen LogP contribution in [0.15, 0.2) is 18.2 Å². The highest BCUT2D eigenvalue weighted by Gasteiger charge is 2.15. The summed E-state index contributed by atoms with van der Waals surface area (Å²) in [5.74, 6) is 5.38. The second kappa shape index (κ2) is 7.11. The number of nitrogens with zero attached hydrogens (tertiary/aromatic N) is 1. The molecule has 1 rings (SSSR count). The number of anilines is 1. The number of rotatable bonds is 6. The van der Waals surface area contributed by atoms with Gasteiger partial charge in [0.15, 0.2) is 0 Å². The molecule has 0 unspecified atom stereocenters. The first-order valence-electron chi connectivity index (χ1n) is 6.40. The first-order valence-corrected chi connectivity index (χ1v) is 6.40. The number of aryl methyl sites for hydroxylation is 1. The van der Waals surface area contributed by atoms with Gasteiger partial charge in [0, 0.05) is 13.6 Å². The van der Waals surface area contributed by atoms with Crippen LogP contribution < -0.4 is 11.3 Å². The first-order chi connectivity index (χ1) is 8.95. The Balaban J connectivity index is 2.71. The topological polar surface area (TPSA) is 67.6 Å². The van der Waals surface area contributed by atoms with E-state index in [0.717, 1.165) is 5.56 Å². The smallest absolute Gasteiger partial charge is 0.255 e. The molecular weight excluding hydrogens is 242 g/mol. The second-order valence-electron chi connectivity index (χ2n) is 4.84. The summed E-state index contributed by atoms with van der Waals surface area (Å²) in [5.41, 5.74) is 4.83. The summed E-state index contributed by atoms with van der Waals surface area (Å²) >= 11 is 0. The van der Waals surface area contributed by atoms with E-state index in [9.17, 15) is 4.79 Å². The van der Waals surface area contributed by atoms with Crippen molar-refractivity contribution in [3.05, 3.63) is 29.3 Å². The highest BCUT2D eigenvalue weighted by Crippen LogP contribution is 2.18. The second-order valence-corrected chi connectivity index (χ2v) is 4.84. The predicted octanol–water partition coefficient (Wildman–Crippen LogP) is 1.78. The number of hydrogen-bond acceptors (Lipinski definition) is 4. The van der Waals surface area contributed by atoms with E-state index < -0.39 is 0 Å². The third kappa shape index (κ3) is 4.54. The van der Waals surface area contributed by atoms with Gasteiger partial charge >= 0.3 is 0 Å². The normalized spacial score (nSPS) is 10.6. The zero-order chi connectivity index (χ0) is 14.4. The van der Waals surface area contributed by atoms with Crippen LogP contribution >= 0.6 is 0 Å². The van der Waals surface area contributed by atoms with Crippen molar-refractivity contribution in [3.63, 3.8) is 0 Å². The van der Waals surface area contributed by atoms with E-state index in [1.165, 1.54) is 0 Å². The summed E-state index contributed by atoms with van der Waals surface area (Å²) in [5, 5.41) is 0. The van der Waals surface area contributed by atoms with Crippen LogP contribution in [0.2, 0.25) is 0 Å². The van der Waals surface area contributed by atoms with E-state index in [1.54, 1.807) is 18.0 Å². The Labute approximate surface area is 114 Å². The molecule has 5 nitrogen and oxygen atoms in total. The largest absolute Gasteiger partial charge is 0.377 e. The van der Waals surface area contributed by atoms with Crippen molar-refractivity contribution in [1.29, 1.82) is 0 Å². The Hall–Kier alpha value is -1.59. The molecule has 0 radical (unpaired) electrons. The standard InChI is InChI=1S/C14H23N3O2/c1-10(2)19-8-7-17(4)14(18)12-6-5-11(3)9-13(12)16-15/h5-6,9-10,16H,7-8,15H2,1-4H3. The van der Waals surface area contributed by atoms with Gasteiger partial charge in [-0.2, -0.15) is 0 Å². The SMILES string of the molecule is Cc1ccc(C(=O)N(C)CCOC(C)C)c(NN)c1. The molecule has 19 heavy (non-hydrogen) atoms. The van der Waals surface area contributed by atoms with Crippen LogP contribution in [0, 0.1) is 6.92 Å². The van der Waals surface area contributed by atoms with Gasteiger partial charge in [0.25, 0.3) is 5.91 Å². The van der Waals surface area contributed by atoms with Gasteiger partial charge in [-0.1, -0.05) is 6.07 Å². The van der Waals surface area contributed by atoms with E-state index in [0.29, 0.717) is 24.4 Å². The summed E-state index contributed by atoms with van der Waals surface area (Å²) in [4.78, 5) is 13.9. The van der Waals surface area contributed by atoms with Crippen molar-refractivity contribution < 1.29 is 9.53 Å². The fourth-order valence-corrected chi connectivity index (χ4v) is 1.70. The monoisotopic (exact) mass is 265 g/mol. The van der Waals surface area contributed by atoms with Gasteiger partial charge in [0.05, 0.1) is 24.0 Å². The lowest BCUT2D eigenvalue weighted by atomic mass is 10.1. The summed E-state index contributed by atoms with van der Waals surface area (Å²) in [6.07, 6.45) is 0.171. The van der Waals surface area contributed by atoms with E-state index in [4.69, 9.17) is 10.6 Å². The molecule has 1 aromatic rings. The lowest BCUT2D eigenvalue weighted by Crippen LogP contribution is -2.31. The molecule has 0 bridgehead atoms. The van der Waals surface area contributed by atoms with Crippen LogP contribution in [0.1, 0.15) is 29.8 Å². The number of hydrazine groups is 1. The Morgan fingerprint density at radius 2 is 2.16 bits per heavy atom. The number of carbonyl (C=O) groups is 1. The summed E-state index contributed by atoms with van der Waals surface area (Å²) < 4.78 is 5.44. The van der Waals surface area contributed by atoms with E-state index in [1.807, 2.05) is 32.9 Å². The maximum atomic E-state index is 12.3. The van der Waals surface area contributed by atoms with Crippen LogP contribution in [0.5, 0.6) is 0 Å². The zero-order valence-corrected chi connectivity index (χ0v) is 12.1. The van der Waals surface area contributed by atoms with Crippen molar-refractivity contribution in [1.82, 2.24) is 4.90 Å². The van der Waals surface area contributed by atoms with Gasteiger partial charge < -0.3 is 15.1 Å². The molecule has 0 aromatic heterocycles. The molecule has 0 atom stereocenters. The van der Waals surface area contributed by atoms with E-state index in [2.05, 4.69) is 5.43 Å². The van der Waals surface area contributed by atoms with Crippen LogP contribution in [0.25, 0.3) is 0 Å². The maximum absolute atomic E-state index is 12.3. The van der Waals surface area contributed by atoms with Crippen molar-refractivity contribution in [2.75, 3.05) is 25.6 Å². The summed E-state index contributed by atoms with van der Waals surface area (Å²) in [6.45, 7) is 6.97. The molecule has 0 saturated heterocycles. The minimum absolute atomic E-state index is 0.0692. The molecule has 0 saturated carbocycles. The number of nitrogens with one attached hydrogen (secondary N) is 1. The number of ether oxygens (including phenoxy) is 1. The average molecular weight is 265 g/mol. The number of likely N-dealkylation sites (N-methyl/N-ethyl adjacent to an activating group) is 1. The third-order valence-corrected chi connectivity index (χ3v) is 2.79. The van der Waals surface area contributed by atoms with Gasteiger partial charge in [-0.25, -0.2) is 0 Å². The molecule has 0 aliphatic rings.